The lowest BCUT2D eigenvalue weighted by Gasteiger charge is -2.21. The van der Waals surface area contributed by atoms with E-state index in [1.165, 1.54) is 37.1 Å². The van der Waals surface area contributed by atoms with Gasteiger partial charge in [-0.3, -0.25) is 10.1 Å². The summed E-state index contributed by atoms with van der Waals surface area (Å²) in [7, 11) is 0. The predicted octanol–water partition coefficient (Wildman–Crippen LogP) is 4.00. The summed E-state index contributed by atoms with van der Waals surface area (Å²) in [6.45, 7) is 0. The van der Waals surface area contributed by atoms with Crippen molar-refractivity contribution in [3.8, 4) is 0 Å². The fourth-order valence-corrected chi connectivity index (χ4v) is 3.90. The van der Waals surface area contributed by atoms with Crippen LogP contribution in [0.3, 0.4) is 0 Å². The molecule has 1 heterocycles. The van der Waals surface area contributed by atoms with E-state index in [9.17, 15) is 10.1 Å². The Morgan fingerprint density at radius 2 is 2.09 bits per heavy atom. The lowest BCUT2D eigenvalue weighted by Crippen LogP contribution is -2.15. The summed E-state index contributed by atoms with van der Waals surface area (Å²) >= 11 is 4.50. The van der Waals surface area contributed by atoms with Crippen LogP contribution in [0.2, 0.25) is 0 Å². The van der Waals surface area contributed by atoms with Crippen LogP contribution >= 0.6 is 27.7 Å². The standard InChI is InChI=1S/C13H14BrN5O2S/c14-9-6-7-12(11(8-9)19(20)21)22-13-15-16-17-18(13)10-4-2-1-3-5-10/h6-8,10H,1-5H2. The van der Waals surface area contributed by atoms with Crippen LogP contribution in [0.1, 0.15) is 38.1 Å². The van der Waals surface area contributed by atoms with Crippen LogP contribution in [0.5, 0.6) is 0 Å². The van der Waals surface area contributed by atoms with Crippen LogP contribution in [0.25, 0.3) is 0 Å². The molecule has 0 unspecified atom stereocenters. The van der Waals surface area contributed by atoms with E-state index in [-0.39, 0.29) is 10.6 Å². The summed E-state index contributed by atoms with van der Waals surface area (Å²) in [6, 6.07) is 5.29. The lowest BCUT2D eigenvalue weighted by molar-refractivity contribution is -0.387. The molecule has 2 aromatic rings. The minimum atomic E-state index is -0.387. The van der Waals surface area contributed by atoms with Crippen molar-refractivity contribution in [1.29, 1.82) is 0 Å². The van der Waals surface area contributed by atoms with Gasteiger partial charge in [0.15, 0.2) is 0 Å². The first-order valence-electron chi connectivity index (χ1n) is 7.05. The molecule has 1 aromatic carbocycles. The van der Waals surface area contributed by atoms with Gasteiger partial charge in [-0.25, -0.2) is 4.68 Å². The van der Waals surface area contributed by atoms with Crippen LogP contribution < -0.4 is 0 Å². The van der Waals surface area contributed by atoms with Crippen molar-refractivity contribution in [3.63, 3.8) is 0 Å². The second kappa shape index (κ2) is 6.74. The number of rotatable bonds is 4. The third-order valence-corrected chi connectivity index (χ3v) is 5.21. The number of tetrazole rings is 1. The fourth-order valence-electron chi connectivity index (χ4n) is 2.63. The molecular weight excluding hydrogens is 370 g/mol. The summed E-state index contributed by atoms with van der Waals surface area (Å²) < 4.78 is 2.49. The lowest BCUT2D eigenvalue weighted by atomic mass is 9.96. The van der Waals surface area contributed by atoms with Gasteiger partial charge >= 0.3 is 0 Å². The summed E-state index contributed by atoms with van der Waals surface area (Å²) in [6.07, 6.45) is 5.71. The number of benzene rings is 1. The zero-order valence-electron chi connectivity index (χ0n) is 11.7. The molecule has 116 valence electrons. The van der Waals surface area contributed by atoms with E-state index in [4.69, 9.17) is 0 Å². The molecule has 0 amide bonds. The van der Waals surface area contributed by atoms with Crippen molar-refractivity contribution in [2.75, 3.05) is 0 Å². The van der Waals surface area contributed by atoms with Gasteiger partial charge in [-0.1, -0.05) is 35.2 Å². The number of nitro groups is 1. The molecule has 7 nitrogen and oxygen atoms in total. The zero-order valence-corrected chi connectivity index (χ0v) is 14.1. The van der Waals surface area contributed by atoms with E-state index in [0.717, 1.165) is 12.8 Å². The van der Waals surface area contributed by atoms with Crippen molar-refractivity contribution in [2.45, 2.75) is 48.2 Å². The average molecular weight is 384 g/mol. The molecule has 0 atom stereocenters. The van der Waals surface area contributed by atoms with Crippen LogP contribution in [-0.2, 0) is 0 Å². The molecule has 0 bridgehead atoms. The van der Waals surface area contributed by atoms with Gasteiger partial charge in [0.2, 0.25) is 5.16 Å². The zero-order chi connectivity index (χ0) is 15.5. The maximum Gasteiger partial charge on any atom is 0.284 e. The predicted molar refractivity (Wildman–Crippen MR) is 84.9 cm³/mol. The maximum atomic E-state index is 11.2. The normalized spacial score (nSPS) is 15.9. The molecule has 0 radical (unpaired) electrons. The van der Waals surface area contributed by atoms with Gasteiger partial charge < -0.3 is 0 Å². The Balaban J connectivity index is 1.88. The topological polar surface area (TPSA) is 86.7 Å². The van der Waals surface area contributed by atoms with Crippen LogP contribution in [0.15, 0.2) is 32.7 Å². The van der Waals surface area contributed by atoms with Crippen LogP contribution in [-0.4, -0.2) is 25.1 Å². The number of hydrogen-bond donors (Lipinski definition) is 0. The largest absolute Gasteiger partial charge is 0.284 e. The summed E-state index contributed by atoms with van der Waals surface area (Å²) in [5.41, 5.74) is 0.0533. The second-order valence-corrected chi connectivity index (χ2v) is 7.09. The highest BCUT2D eigenvalue weighted by molar-refractivity contribution is 9.10. The van der Waals surface area contributed by atoms with E-state index in [2.05, 4.69) is 31.5 Å². The Kier molecular flexibility index (Phi) is 4.72. The van der Waals surface area contributed by atoms with Crippen LogP contribution in [0, 0.1) is 10.1 Å². The Morgan fingerprint density at radius 3 is 2.82 bits per heavy atom. The van der Waals surface area contributed by atoms with E-state index in [1.54, 1.807) is 12.1 Å². The van der Waals surface area contributed by atoms with Crippen molar-refractivity contribution < 1.29 is 4.92 Å². The van der Waals surface area contributed by atoms with Gasteiger partial charge in [0.05, 0.1) is 15.9 Å². The van der Waals surface area contributed by atoms with E-state index in [1.807, 2.05) is 4.68 Å². The summed E-state index contributed by atoms with van der Waals surface area (Å²) in [5, 5.41) is 23.7. The van der Waals surface area contributed by atoms with Gasteiger partial charge in [-0.2, -0.15) is 0 Å². The first-order chi connectivity index (χ1) is 10.6. The van der Waals surface area contributed by atoms with Crippen molar-refractivity contribution in [2.24, 2.45) is 0 Å². The Bertz CT molecular complexity index is 687. The Hall–Kier alpha value is -1.48. The van der Waals surface area contributed by atoms with E-state index in [0.29, 0.717) is 20.6 Å². The monoisotopic (exact) mass is 383 g/mol. The first-order valence-corrected chi connectivity index (χ1v) is 8.66. The fraction of sp³-hybridized carbons (Fsp3) is 0.462. The highest BCUT2D eigenvalue weighted by Gasteiger charge is 2.23. The van der Waals surface area contributed by atoms with Gasteiger partial charge in [0.25, 0.3) is 5.69 Å². The quantitative estimate of drug-likeness (QED) is 0.585. The van der Waals surface area contributed by atoms with E-state index < -0.39 is 0 Å². The minimum absolute atomic E-state index is 0.0533. The third-order valence-electron chi connectivity index (χ3n) is 3.70. The van der Waals surface area contributed by atoms with Gasteiger partial charge in [-0.05, 0) is 47.2 Å². The molecule has 1 aliphatic rings. The van der Waals surface area contributed by atoms with Gasteiger partial charge in [0, 0.05) is 10.5 Å². The number of nitrogens with zero attached hydrogens (tertiary/aromatic N) is 5. The SMILES string of the molecule is O=[N+]([O-])c1cc(Br)ccc1Sc1nnnn1C1CCCCC1. The maximum absolute atomic E-state index is 11.2. The molecule has 1 aromatic heterocycles. The molecule has 1 aliphatic carbocycles. The number of aromatic nitrogens is 4. The highest BCUT2D eigenvalue weighted by atomic mass is 79.9. The van der Waals surface area contributed by atoms with Gasteiger partial charge in [0.1, 0.15) is 0 Å². The number of hydrogen-bond acceptors (Lipinski definition) is 6. The second-order valence-electron chi connectivity index (χ2n) is 5.17. The van der Waals surface area contributed by atoms with Crippen molar-refractivity contribution in [1.82, 2.24) is 20.2 Å². The molecule has 0 aliphatic heterocycles. The minimum Gasteiger partial charge on any atom is -0.258 e. The highest BCUT2D eigenvalue weighted by Crippen LogP contribution is 2.37. The Morgan fingerprint density at radius 1 is 1.32 bits per heavy atom. The molecule has 0 N–H and O–H groups in total. The first kappa shape index (κ1) is 15.4. The van der Waals surface area contributed by atoms with Crippen molar-refractivity contribution in [3.05, 3.63) is 32.8 Å². The molecule has 1 saturated carbocycles. The Labute approximate surface area is 139 Å². The average Bonchev–Trinajstić information content (AvgIpc) is 2.98. The molecule has 9 heteroatoms. The van der Waals surface area contributed by atoms with Crippen molar-refractivity contribution >= 4 is 33.4 Å². The smallest absolute Gasteiger partial charge is 0.258 e. The number of halogens is 1. The molecule has 3 rings (SSSR count). The third kappa shape index (κ3) is 3.30. The van der Waals surface area contributed by atoms with E-state index >= 15 is 0 Å². The van der Waals surface area contributed by atoms with Crippen LogP contribution in [0.4, 0.5) is 5.69 Å². The summed E-state index contributed by atoms with van der Waals surface area (Å²) in [5.74, 6) is 0. The molecule has 1 fully saturated rings. The molecular formula is C13H14BrN5O2S. The molecule has 22 heavy (non-hydrogen) atoms. The molecule has 0 spiro atoms. The molecule has 0 saturated heterocycles. The number of nitro benzene ring substituents is 1. The summed E-state index contributed by atoms with van der Waals surface area (Å²) in [4.78, 5) is 11.4. The van der Waals surface area contributed by atoms with Gasteiger partial charge in [-0.15, -0.1) is 5.10 Å².